The largest absolute Gasteiger partial charge is 0.657 e. The number of aromatic nitrogens is 1. The van der Waals surface area contributed by atoms with Crippen LogP contribution in [0, 0.1) is 6.67 Å². The molecule has 2 heterocycles. The van der Waals surface area contributed by atoms with Gasteiger partial charge >= 0.3 is 0 Å². The van der Waals surface area contributed by atoms with Gasteiger partial charge in [-0.05, 0) is 96.4 Å². The number of amidine groups is 1. The van der Waals surface area contributed by atoms with E-state index in [4.69, 9.17) is 5.10 Å². The van der Waals surface area contributed by atoms with Crippen molar-refractivity contribution in [1.82, 2.24) is 4.98 Å². The fourth-order valence-corrected chi connectivity index (χ4v) is 9.02. The Kier molecular flexibility index (Phi) is 13.4. The van der Waals surface area contributed by atoms with Crippen LogP contribution in [0.1, 0.15) is 58.2 Å². The molecule has 1 aliphatic rings. The zero-order valence-electron chi connectivity index (χ0n) is 40.0. The van der Waals surface area contributed by atoms with Crippen LogP contribution in [0.5, 0.6) is 0 Å². The minimum Gasteiger partial charge on any atom is -0.657 e. The Bertz CT molecular complexity index is 3180. The molecule has 0 aliphatic carbocycles. The Morgan fingerprint density at radius 1 is 0.391 bits per heavy atom. The van der Waals surface area contributed by atoms with Gasteiger partial charge in [0.05, 0.1) is 0 Å². The van der Waals surface area contributed by atoms with E-state index in [1.54, 1.807) is 0 Å². The predicted octanol–water partition coefficient (Wildman–Crippen LogP) is 16.7. The van der Waals surface area contributed by atoms with Gasteiger partial charge in [-0.1, -0.05) is 236 Å². The summed E-state index contributed by atoms with van der Waals surface area (Å²) in [4.78, 5) is 6.81. The minimum absolute atomic E-state index is 0. The minimum atomic E-state index is -0.0580. The van der Waals surface area contributed by atoms with Crippen LogP contribution >= 0.6 is 0 Å². The number of fused-ring (bicyclic) bond motifs is 3. The fraction of sp³-hybridized carbons (Fsp3) is 0.125. The van der Waals surface area contributed by atoms with Crippen LogP contribution in [0.15, 0.2) is 230 Å². The van der Waals surface area contributed by atoms with E-state index >= 15 is 0 Å². The number of rotatable bonds is 7. The number of hydrazone groups is 1. The van der Waals surface area contributed by atoms with Crippen molar-refractivity contribution in [3.8, 4) is 44.5 Å². The van der Waals surface area contributed by atoms with Gasteiger partial charge in [0.15, 0.2) is 0 Å². The molecule has 0 unspecified atom stereocenters. The second-order valence-corrected chi connectivity index (χ2v) is 19.6. The third-order valence-electron chi connectivity index (χ3n) is 12.8. The topological polar surface area (TPSA) is 32.9 Å². The quantitative estimate of drug-likeness (QED) is 0.118. The van der Waals surface area contributed by atoms with Gasteiger partial charge in [-0.2, -0.15) is 5.10 Å². The molecule has 4 nitrogen and oxygen atoms in total. The summed E-state index contributed by atoms with van der Waals surface area (Å²) in [7, 11) is 0. The first-order chi connectivity index (χ1) is 33.0. The Hall–Kier alpha value is -7.21. The van der Waals surface area contributed by atoms with E-state index < -0.39 is 0 Å². The first-order valence-corrected chi connectivity index (χ1v) is 23.6. The molecule has 0 fully saturated rings. The van der Waals surface area contributed by atoms with Crippen LogP contribution in [0.4, 0.5) is 11.4 Å². The normalized spacial score (nSPS) is 12.6. The summed E-state index contributed by atoms with van der Waals surface area (Å²) < 4.78 is 0. The summed E-state index contributed by atoms with van der Waals surface area (Å²) in [6.07, 6.45) is 0. The van der Waals surface area contributed by atoms with Crippen molar-refractivity contribution in [3.05, 3.63) is 248 Å². The van der Waals surface area contributed by atoms with E-state index in [9.17, 15) is 0 Å². The van der Waals surface area contributed by atoms with Crippen molar-refractivity contribution < 1.29 is 22.4 Å². The third-order valence-corrected chi connectivity index (χ3v) is 12.8. The SMILES string of the molecule is CC(C)(C)c1cc(C2=NN(c3c(-c4ccccc4)cccc3-c3ccccc3)[CH-]N2c2cc(-c3ccccc3)cc(-c3ccccc3)c2)cc(C(C)(C)C)c1.[Au].c1ccc2c(c1)[n-]c1ccccc12. The molecule has 9 aromatic carbocycles. The van der Waals surface area contributed by atoms with Crippen LogP contribution in [-0.2, 0) is 33.2 Å². The molecule has 0 atom stereocenters. The molecule has 0 bridgehead atoms. The molecular formula is C64H56AuN4-2. The third kappa shape index (κ3) is 10.0. The average molecular weight is 1080 g/mol. The molecular weight excluding hydrogens is 1020 g/mol. The van der Waals surface area contributed by atoms with E-state index in [1.807, 2.05) is 12.1 Å². The molecule has 1 aromatic heterocycles. The van der Waals surface area contributed by atoms with Crippen molar-refractivity contribution in [2.45, 2.75) is 52.4 Å². The number of nitrogens with zero attached hydrogens (tertiary/aromatic N) is 4. The molecule has 5 heteroatoms. The number of anilines is 2. The van der Waals surface area contributed by atoms with E-state index in [0.717, 1.165) is 67.2 Å². The molecule has 0 spiro atoms. The Morgan fingerprint density at radius 3 is 1.23 bits per heavy atom. The first-order valence-electron chi connectivity index (χ1n) is 23.6. The van der Waals surface area contributed by atoms with Gasteiger partial charge in [-0.15, -0.1) is 17.7 Å². The van der Waals surface area contributed by atoms with Gasteiger partial charge in [0, 0.05) is 50.4 Å². The number of benzene rings is 9. The van der Waals surface area contributed by atoms with E-state index in [1.165, 1.54) is 33.0 Å². The molecule has 345 valence electrons. The van der Waals surface area contributed by atoms with Gasteiger partial charge in [0.2, 0.25) is 0 Å². The number of hydrogen-bond acceptors (Lipinski definition) is 3. The fourth-order valence-electron chi connectivity index (χ4n) is 9.02. The summed E-state index contributed by atoms with van der Waals surface area (Å²) in [5, 5.41) is 10.2. The van der Waals surface area contributed by atoms with Gasteiger partial charge in [-0.25, -0.2) is 0 Å². The van der Waals surface area contributed by atoms with E-state index in [-0.39, 0.29) is 33.2 Å². The van der Waals surface area contributed by atoms with Crippen molar-refractivity contribution in [1.29, 1.82) is 0 Å². The van der Waals surface area contributed by atoms with Gasteiger partial charge in [0.1, 0.15) is 5.84 Å². The number of para-hydroxylation sites is 3. The van der Waals surface area contributed by atoms with Crippen molar-refractivity contribution in [2.24, 2.45) is 5.10 Å². The van der Waals surface area contributed by atoms with Crippen LogP contribution in [0.2, 0.25) is 0 Å². The standard InChI is InChI=1S/C52H48N3.C12H8N.Au/c1-51(2,3)44-31-43(32-45(35-44)52(4,5)6)50-53-55(49-47(39-24-15-9-16-25-39)28-19-29-48(49)40-26-17-10-18-27-40)36-54(50)46-33-41(37-20-11-7-12-21-37)30-42(34-46)38-22-13-8-14-23-38;1-3-7-11-9(5-1)10-6-2-4-8-12(10)13-11;/h7-36H,1-6H3;1-8H;/q2*-1;. The molecule has 0 N–H and O–H groups in total. The second kappa shape index (κ2) is 19.8. The maximum Gasteiger partial charge on any atom is 0.129 e. The van der Waals surface area contributed by atoms with Crippen molar-refractivity contribution >= 4 is 39.0 Å². The summed E-state index contributed by atoms with van der Waals surface area (Å²) in [5.74, 6) is 0.877. The van der Waals surface area contributed by atoms with Crippen LogP contribution in [-0.4, -0.2) is 5.84 Å². The molecule has 0 saturated heterocycles. The van der Waals surface area contributed by atoms with Gasteiger partial charge in [0.25, 0.3) is 0 Å². The molecule has 1 radical (unpaired) electrons. The average Bonchev–Trinajstić information content (AvgIpc) is 3.99. The second-order valence-electron chi connectivity index (χ2n) is 19.6. The Labute approximate surface area is 423 Å². The first kappa shape index (κ1) is 46.9. The monoisotopic (exact) mass is 1080 g/mol. The molecule has 0 saturated carbocycles. The maximum atomic E-state index is 5.63. The van der Waals surface area contributed by atoms with Crippen LogP contribution < -0.4 is 14.9 Å². The Morgan fingerprint density at radius 2 is 0.797 bits per heavy atom. The summed E-state index contributed by atoms with van der Waals surface area (Å²) in [6.45, 7) is 16.0. The molecule has 0 amide bonds. The molecule has 1 aliphatic heterocycles. The van der Waals surface area contributed by atoms with Crippen molar-refractivity contribution in [3.63, 3.8) is 0 Å². The molecule has 10 aromatic rings. The van der Waals surface area contributed by atoms with E-state index in [2.05, 4.69) is 275 Å². The predicted molar refractivity (Wildman–Crippen MR) is 289 cm³/mol. The van der Waals surface area contributed by atoms with Gasteiger partial charge < -0.3 is 14.9 Å². The zero-order valence-corrected chi connectivity index (χ0v) is 42.2. The number of hydrogen-bond donors (Lipinski definition) is 0. The Balaban J connectivity index is 0.000000362. The molecule has 69 heavy (non-hydrogen) atoms. The van der Waals surface area contributed by atoms with Gasteiger partial charge in [-0.3, -0.25) is 0 Å². The van der Waals surface area contributed by atoms with Crippen molar-refractivity contribution in [2.75, 3.05) is 9.91 Å². The van der Waals surface area contributed by atoms with Crippen LogP contribution in [0.25, 0.3) is 66.3 Å². The van der Waals surface area contributed by atoms with E-state index in [0.29, 0.717) is 0 Å². The summed E-state index contributed by atoms with van der Waals surface area (Å²) in [5.41, 5.74) is 16.9. The molecule has 11 rings (SSSR count). The summed E-state index contributed by atoms with van der Waals surface area (Å²) >= 11 is 0. The maximum absolute atomic E-state index is 5.63. The van der Waals surface area contributed by atoms with Crippen LogP contribution in [0.3, 0.4) is 0 Å². The smallest absolute Gasteiger partial charge is 0.129 e. The summed E-state index contributed by atoms with van der Waals surface area (Å²) in [6, 6.07) is 79.7. The zero-order chi connectivity index (χ0) is 46.8.